The minimum absolute atomic E-state index is 0.0194. The SMILES string of the molecule is CC(=O)c1c[nH]c(C(=O)NCC(O)COc2ccc(F)cc2)c1. The number of carbonyl (C=O) groups is 2. The summed E-state index contributed by atoms with van der Waals surface area (Å²) in [5.74, 6) is -0.528. The Morgan fingerprint density at radius 3 is 2.65 bits per heavy atom. The highest BCUT2D eigenvalue weighted by molar-refractivity contribution is 5.99. The van der Waals surface area contributed by atoms with Crippen molar-refractivity contribution in [1.29, 1.82) is 0 Å². The average Bonchev–Trinajstić information content (AvgIpc) is 3.02. The smallest absolute Gasteiger partial charge is 0.267 e. The van der Waals surface area contributed by atoms with Crippen LogP contribution in [0, 0.1) is 5.82 Å². The van der Waals surface area contributed by atoms with Crippen molar-refractivity contribution in [2.45, 2.75) is 13.0 Å². The number of aliphatic hydroxyl groups is 1. The van der Waals surface area contributed by atoms with Gasteiger partial charge >= 0.3 is 0 Å². The molecule has 0 aliphatic carbocycles. The molecule has 0 aliphatic rings. The molecule has 0 aliphatic heterocycles. The van der Waals surface area contributed by atoms with Crippen molar-refractivity contribution in [3.63, 3.8) is 0 Å². The Kier molecular flexibility index (Phi) is 5.48. The summed E-state index contributed by atoms with van der Waals surface area (Å²) >= 11 is 0. The summed E-state index contributed by atoms with van der Waals surface area (Å²) in [6, 6.07) is 6.84. The van der Waals surface area contributed by atoms with Gasteiger partial charge in [0.25, 0.3) is 5.91 Å². The van der Waals surface area contributed by atoms with E-state index in [1.807, 2.05) is 0 Å². The number of aromatic amines is 1. The van der Waals surface area contributed by atoms with Crippen molar-refractivity contribution < 1.29 is 23.8 Å². The van der Waals surface area contributed by atoms with E-state index in [-0.39, 0.29) is 30.4 Å². The lowest BCUT2D eigenvalue weighted by atomic mass is 10.2. The summed E-state index contributed by atoms with van der Waals surface area (Å²) in [4.78, 5) is 25.7. The number of aromatic nitrogens is 1. The Balaban J connectivity index is 1.76. The van der Waals surface area contributed by atoms with E-state index in [1.165, 1.54) is 43.5 Å². The predicted molar refractivity (Wildman–Crippen MR) is 81.0 cm³/mol. The minimum Gasteiger partial charge on any atom is -0.491 e. The highest BCUT2D eigenvalue weighted by atomic mass is 19.1. The van der Waals surface area contributed by atoms with Crippen molar-refractivity contribution in [3.05, 3.63) is 53.6 Å². The molecule has 0 saturated heterocycles. The molecule has 1 amide bonds. The lowest BCUT2D eigenvalue weighted by Crippen LogP contribution is -2.35. The highest BCUT2D eigenvalue weighted by Crippen LogP contribution is 2.11. The largest absolute Gasteiger partial charge is 0.491 e. The van der Waals surface area contributed by atoms with Crippen molar-refractivity contribution in [2.75, 3.05) is 13.2 Å². The van der Waals surface area contributed by atoms with E-state index < -0.39 is 12.0 Å². The van der Waals surface area contributed by atoms with Gasteiger partial charge in [-0.25, -0.2) is 4.39 Å². The van der Waals surface area contributed by atoms with Gasteiger partial charge in [-0.15, -0.1) is 0 Å². The van der Waals surface area contributed by atoms with Crippen LogP contribution >= 0.6 is 0 Å². The zero-order valence-electron chi connectivity index (χ0n) is 12.5. The van der Waals surface area contributed by atoms with Gasteiger partial charge in [0.05, 0.1) is 0 Å². The Labute approximate surface area is 132 Å². The number of benzene rings is 1. The zero-order chi connectivity index (χ0) is 16.8. The van der Waals surface area contributed by atoms with Crippen LogP contribution in [0.3, 0.4) is 0 Å². The monoisotopic (exact) mass is 320 g/mol. The normalized spacial score (nSPS) is 11.8. The number of nitrogens with one attached hydrogen (secondary N) is 2. The second-order valence-corrected chi connectivity index (χ2v) is 4.99. The molecule has 0 saturated carbocycles. The van der Waals surface area contributed by atoms with Gasteiger partial charge in [0.1, 0.15) is 30.0 Å². The molecular weight excluding hydrogens is 303 g/mol. The van der Waals surface area contributed by atoms with Crippen LogP contribution in [0.4, 0.5) is 4.39 Å². The van der Waals surface area contributed by atoms with Crippen LogP contribution < -0.4 is 10.1 Å². The summed E-state index contributed by atoms with van der Waals surface area (Å²) in [6.45, 7) is 1.34. The molecule has 0 spiro atoms. The fraction of sp³-hybridized carbons (Fsp3) is 0.250. The molecule has 1 unspecified atom stereocenters. The van der Waals surface area contributed by atoms with Crippen molar-refractivity contribution >= 4 is 11.7 Å². The number of aliphatic hydroxyl groups excluding tert-OH is 1. The van der Waals surface area contributed by atoms with Gasteiger partial charge in [0.2, 0.25) is 0 Å². The standard InChI is InChI=1S/C16H17FN2O4/c1-10(20)11-6-15(18-7-11)16(22)19-8-13(21)9-23-14-4-2-12(17)3-5-14/h2-7,13,18,21H,8-9H2,1H3,(H,19,22). The molecule has 1 aromatic heterocycles. The van der Waals surface area contributed by atoms with E-state index in [1.54, 1.807) is 0 Å². The van der Waals surface area contributed by atoms with Crippen LogP contribution in [0.2, 0.25) is 0 Å². The zero-order valence-corrected chi connectivity index (χ0v) is 12.5. The van der Waals surface area contributed by atoms with Crippen LogP contribution in [0.25, 0.3) is 0 Å². The summed E-state index contributed by atoms with van der Waals surface area (Å²) in [5.41, 5.74) is 0.650. The van der Waals surface area contributed by atoms with Crippen LogP contribution in [-0.2, 0) is 0 Å². The first-order valence-electron chi connectivity index (χ1n) is 6.99. The van der Waals surface area contributed by atoms with Gasteiger partial charge in [-0.3, -0.25) is 9.59 Å². The molecule has 2 rings (SSSR count). The van der Waals surface area contributed by atoms with E-state index in [4.69, 9.17) is 4.74 Å². The fourth-order valence-electron chi connectivity index (χ4n) is 1.82. The third-order valence-corrected chi connectivity index (χ3v) is 3.09. The summed E-state index contributed by atoms with van der Waals surface area (Å²) in [7, 11) is 0. The van der Waals surface area contributed by atoms with Gasteiger partial charge in [-0.05, 0) is 37.3 Å². The van der Waals surface area contributed by atoms with Gasteiger partial charge < -0.3 is 20.1 Å². The Hall–Kier alpha value is -2.67. The topological polar surface area (TPSA) is 91.4 Å². The number of Topliss-reactive ketones (excluding diaryl/α,β-unsaturated/α-hetero) is 1. The molecule has 1 atom stereocenters. The minimum atomic E-state index is -0.925. The second kappa shape index (κ2) is 7.55. The van der Waals surface area contributed by atoms with E-state index >= 15 is 0 Å². The van der Waals surface area contributed by atoms with Gasteiger partial charge in [-0.1, -0.05) is 0 Å². The summed E-state index contributed by atoms with van der Waals surface area (Å²) in [6.07, 6.45) is 0.525. The molecule has 0 bridgehead atoms. The number of ether oxygens (including phenoxy) is 1. The first-order chi connectivity index (χ1) is 11.0. The number of hydrogen-bond acceptors (Lipinski definition) is 4. The van der Waals surface area contributed by atoms with E-state index in [2.05, 4.69) is 10.3 Å². The average molecular weight is 320 g/mol. The maximum atomic E-state index is 12.7. The maximum Gasteiger partial charge on any atom is 0.267 e. The number of ketones is 1. The molecule has 1 heterocycles. The number of H-pyrrole nitrogens is 1. The molecular formula is C16H17FN2O4. The van der Waals surface area contributed by atoms with Crippen LogP contribution in [-0.4, -0.2) is 41.0 Å². The maximum absolute atomic E-state index is 12.7. The van der Waals surface area contributed by atoms with Crippen molar-refractivity contribution in [1.82, 2.24) is 10.3 Å². The molecule has 6 nitrogen and oxygen atoms in total. The third kappa shape index (κ3) is 4.93. The van der Waals surface area contributed by atoms with E-state index in [9.17, 15) is 19.1 Å². The first-order valence-corrected chi connectivity index (χ1v) is 6.99. The third-order valence-electron chi connectivity index (χ3n) is 3.09. The Bertz CT molecular complexity index is 682. The first kappa shape index (κ1) is 16.7. The molecule has 0 radical (unpaired) electrons. The number of carbonyl (C=O) groups excluding carboxylic acids is 2. The molecule has 2 aromatic rings. The lowest BCUT2D eigenvalue weighted by molar-refractivity contribution is 0.0840. The lowest BCUT2D eigenvalue weighted by Gasteiger charge is -2.13. The van der Waals surface area contributed by atoms with Gasteiger partial charge in [-0.2, -0.15) is 0 Å². The van der Waals surface area contributed by atoms with Crippen molar-refractivity contribution in [2.24, 2.45) is 0 Å². The number of hydrogen-bond donors (Lipinski definition) is 3. The number of rotatable bonds is 7. The summed E-state index contributed by atoms with van der Waals surface area (Å²) in [5, 5.41) is 12.3. The molecule has 0 fully saturated rings. The van der Waals surface area contributed by atoms with Crippen LogP contribution in [0.15, 0.2) is 36.5 Å². The molecule has 7 heteroatoms. The Morgan fingerprint density at radius 1 is 1.35 bits per heavy atom. The quantitative estimate of drug-likeness (QED) is 0.675. The van der Waals surface area contributed by atoms with Gasteiger partial charge in [0.15, 0.2) is 5.78 Å². The van der Waals surface area contributed by atoms with Gasteiger partial charge in [0, 0.05) is 18.3 Å². The van der Waals surface area contributed by atoms with Crippen LogP contribution in [0.5, 0.6) is 5.75 Å². The van der Waals surface area contributed by atoms with E-state index in [0.717, 1.165) is 0 Å². The molecule has 3 N–H and O–H groups in total. The Morgan fingerprint density at radius 2 is 2.04 bits per heavy atom. The molecule has 23 heavy (non-hydrogen) atoms. The summed E-state index contributed by atoms with van der Waals surface area (Å²) < 4.78 is 18.0. The number of halogens is 1. The van der Waals surface area contributed by atoms with Crippen molar-refractivity contribution in [3.8, 4) is 5.75 Å². The molecule has 122 valence electrons. The second-order valence-electron chi connectivity index (χ2n) is 4.99. The predicted octanol–water partition coefficient (Wildman–Crippen LogP) is 1.53. The highest BCUT2D eigenvalue weighted by Gasteiger charge is 2.12. The van der Waals surface area contributed by atoms with E-state index in [0.29, 0.717) is 11.3 Å². The fourth-order valence-corrected chi connectivity index (χ4v) is 1.82. The molecule has 1 aromatic carbocycles. The van der Waals surface area contributed by atoms with Crippen LogP contribution in [0.1, 0.15) is 27.8 Å². The number of amides is 1.